The molecule has 3 aromatic rings. The molecule has 0 bridgehead atoms. The van der Waals surface area contributed by atoms with E-state index in [0.29, 0.717) is 37.5 Å². The highest BCUT2D eigenvalue weighted by Crippen LogP contribution is 2.38. The topological polar surface area (TPSA) is 57.2 Å². The van der Waals surface area contributed by atoms with Gasteiger partial charge in [-0.15, -0.1) is 0 Å². The Balaban J connectivity index is 1.58. The molecule has 0 aromatic heterocycles. The maximum atomic E-state index is 13.4. The molecule has 1 aliphatic rings. The molecule has 0 saturated carbocycles. The van der Waals surface area contributed by atoms with Gasteiger partial charge in [0.05, 0.1) is 27.4 Å². The number of hydrogen-bond donors (Lipinski definition) is 0. The van der Waals surface area contributed by atoms with Gasteiger partial charge in [-0.2, -0.15) is 0 Å². The molecule has 34 heavy (non-hydrogen) atoms. The minimum atomic E-state index is -0.228. The maximum Gasteiger partial charge on any atom is 0.223 e. The number of ether oxygens (including phenoxy) is 4. The van der Waals surface area contributed by atoms with Crippen LogP contribution in [0, 0.1) is 0 Å². The summed E-state index contributed by atoms with van der Waals surface area (Å²) in [5.41, 5.74) is 3.34. The summed E-state index contributed by atoms with van der Waals surface area (Å²) in [6.07, 6.45) is 1.92. The van der Waals surface area contributed by atoms with Crippen molar-refractivity contribution in [2.24, 2.45) is 0 Å². The number of benzene rings is 3. The molecule has 1 unspecified atom stereocenters. The van der Waals surface area contributed by atoms with E-state index in [0.717, 1.165) is 34.6 Å². The molecule has 1 heterocycles. The van der Waals surface area contributed by atoms with Crippen LogP contribution in [0.15, 0.2) is 66.7 Å². The Kier molecular flexibility index (Phi) is 7.58. The van der Waals surface area contributed by atoms with Crippen molar-refractivity contribution in [3.63, 3.8) is 0 Å². The second-order valence-corrected chi connectivity index (χ2v) is 8.23. The first kappa shape index (κ1) is 23.5. The van der Waals surface area contributed by atoms with Gasteiger partial charge in [-0.3, -0.25) is 4.79 Å². The van der Waals surface area contributed by atoms with Crippen molar-refractivity contribution in [1.82, 2.24) is 4.90 Å². The second kappa shape index (κ2) is 11.0. The van der Waals surface area contributed by atoms with E-state index in [9.17, 15) is 4.79 Å². The molecule has 4 rings (SSSR count). The van der Waals surface area contributed by atoms with Gasteiger partial charge in [-0.05, 0) is 65.9 Å². The van der Waals surface area contributed by atoms with Gasteiger partial charge in [0.15, 0.2) is 11.5 Å². The third kappa shape index (κ3) is 5.28. The number of amides is 1. The molecule has 0 saturated heterocycles. The first-order chi connectivity index (χ1) is 16.6. The summed E-state index contributed by atoms with van der Waals surface area (Å²) in [5.74, 6) is 2.96. The molecule has 3 aromatic carbocycles. The van der Waals surface area contributed by atoms with Crippen LogP contribution in [0.3, 0.4) is 0 Å². The Morgan fingerprint density at radius 3 is 2.24 bits per heavy atom. The van der Waals surface area contributed by atoms with Gasteiger partial charge in [0.25, 0.3) is 0 Å². The molecule has 0 fully saturated rings. The van der Waals surface area contributed by atoms with Gasteiger partial charge in [0, 0.05) is 13.0 Å². The Labute approximate surface area is 201 Å². The van der Waals surface area contributed by atoms with Crippen LogP contribution in [0.1, 0.15) is 29.2 Å². The average molecular weight is 462 g/mol. The Bertz CT molecular complexity index is 1100. The van der Waals surface area contributed by atoms with Crippen molar-refractivity contribution >= 4 is 5.91 Å². The van der Waals surface area contributed by atoms with Crippen molar-refractivity contribution < 1.29 is 23.7 Å². The van der Waals surface area contributed by atoms with Crippen molar-refractivity contribution in [3.8, 4) is 23.0 Å². The van der Waals surface area contributed by atoms with E-state index in [1.165, 1.54) is 0 Å². The van der Waals surface area contributed by atoms with Crippen molar-refractivity contribution in [3.05, 3.63) is 83.4 Å². The number of fused-ring (bicyclic) bond motifs is 1. The zero-order valence-corrected chi connectivity index (χ0v) is 20.0. The summed E-state index contributed by atoms with van der Waals surface area (Å²) in [4.78, 5) is 15.3. The van der Waals surface area contributed by atoms with E-state index in [1.807, 2.05) is 59.5 Å². The first-order valence-corrected chi connectivity index (χ1v) is 11.5. The summed E-state index contributed by atoms with van der Waals surface area (Å²) in [7, 11) is 4.89. The summed E-state index contributed by atoms with van der Waals surface area (Å²) >= 11 is 0. The minimum Gasteiger partial charge on any atom is -0.497 e. The highest BCUT2D eigenvalue weighted by Gasteiger charge is 2.32. The van der Waals surface area contributed by atoms with Gasteiger partial charge in [0.2, 0.25) is 5.91 Å². The Morgan fingerprint density at radius 2 is 1.56 bits per heavy atom. The van der Waals surface area contributed by atoms with E-state index in [4.69, 9.17) is 18.9 Å². The van der Waals surface area contributed by atoms with E-state index in [2.05, 4.69) is 12.1 Å². The van der Waals surface area contributed by atoms with E-state index >= 15 is 0 Å². The molecule has 6 nitrogen and oxygen atoms in total. The van der Waals surface area contributed by atoms with Crippen LogP contribution in [0.2, 0.25) is 0 Å². The zero-order valence-electron chi connectivity index (χ0n) is 20.0. The largest absolute Gasteiger partial charge is 0.497 e. The van der Waals surface area contributed by atoms with Crippen LogP contribution in [0.25, 0.3) is 0 Å². The van der Waals surface area contributed by atoms with Crippen LogP contribution in [-0.4, -0.2) is 45.3 Å². The lowest BCUT2D eigenvalue weighted by Crippen LogP contribution is -2.42. The predicted octanol–water partition coefficient (Wildman–Crippen LogP) is 4.85. The molecule has 1 atom stereocenters. The highest BCUT2D eigenvalue weighted by molar-refractivity contribution is 5.77. The summed E-state index contributed by atoms with van der Waals surface area (Å²) in [6.45, 7) is 0.971. The molecule has 1 aliphatic heterocycles. The van der Waals surface area contributed by atoms with Crippen LogP contribution in [0.4, 0.5) is 0 Å². The molecular formula is C28H31NO5. The Morgan fingerprint density at radius 1 is 0.882 bits per heavy atom. The third-order valence-electron chi connectivity index (χ3n) is 6.26. The molecule has 0 radical (unpaired) electrons. The second-order valence-electron chi connectivity index (χ2n) is 8.23. The zero-order chi connectivity index (χ0) is 23.9. The van der Waals surface area contributed by atoms with Crippen molar-refractivity contribution in [2.45, 2.75) is 25.3 Å². The van der Waals surface area contributed by atoms with Crippen LogP contribution in [0.5, 0.6) is 23.0 Å². The Hall–Kier alpha value is -3.67. The summed E-state index contributed by atoms with van der Waals surface area (Å²) < 4.78 is 22.4. The smallest absolute Gasteiger partial charge is 0.223 e. The number of carbonyl (C=O) groups is 1. The van der Waals surface area contributed by atoms with E-state index in [-0.39, 0.29) is 11.9 Å². The van der Waals surface area contributed by atoms with E-state index in [1.54, 1.807) is 21.3 Å². The number of hydrogen-bond acceptors (Lipinski definition) is 5. The van der Waals surface area contributed by atoms with Gasteiger partial charge in [-0.1, -0.05) is 30.3 Å². The monoisotopic (exact) mass is 461 g/mol. The fourth-order valence-corrected chi connectivity index (χ4v) is 4.39. The quantitative estimate of drug-likeness (QED) is 0.456. The van der Waals surface area contributed by atoms with Crippen molar-refractivity contribution in [2.75, 3.05) is 34.5 Å². The normalized spacial score (nSPS) is 14.8. The van der Waals surface area contributed by atoms with Crippen LogP contribution in [-0.2, 0) is 17.6 Å². The highest BCUT2D eigenvalue weighted by atomic mass is 16.5. The molecule has 178 valence electrons. The first-order valence-electron chi connectivity index (χ1n) is 11.5. The fraction of sp³-hybridized carbons (Fsp3) is 0.321. The third-order valence-corrected chi connectivity index (χ3v) is 6.26. The van der Waals surface area contributed by atoms with Gasteiger partial charge < -0.3 is 23.8 Å². The van der Waals surface area contributed by atoms with Crippen molar-refractivity contribution in [1.29, 1.82) is 0 Å². The number of carbonyl (C=O) groups excluding carboxylic acids is 1. The summed E-state index contributed by atoms with van der Waals surface area (Å²) in [6, 6.07) is 21.3. The number of nitrogens with zero attached hydrogens (tertiary/aromatic N) is 1. The molecule has 0 spiro atoms. The van der Waals surface area contributed by atoms with Crippen LogP contribution >= 0.6 is 0 Å². The molecule has 0 N–H and O–H groups in total. The average Bonchev–Trinajstić information content (AvgIpc) is 2.90. The maximum absolute atomic E-state index is 13.4. The molecule has 6 heteroatoms. The van der Waals surface area contributed by atoms with Crippen LogP contribution < -0.4 is 18.9 Å². The standard InChI is InChI=1S/C28H31NO5/c1-31-22-10-12-23(13-11-22)34-19-25-24-18-27(33-3)26(32-2)17-21(24)15-16-29(25)28(30)14-9-20-7-5-4-6-8-20/h4-8,10-13,17-18,25H,9,14-16,19H2,1-3H3. The SMILES string of the molecule is COc1ccc(OCC2c3cc(OC)c(OC)cc3CCN2C(=O)CCc2ccccc2)cc1. The number of methoxy groups -OCH3 is 3. The van der Waals surface area contributed by atoms with Gasteiger partial charge in [-0.25, -0.2) is 0 Å². The number of aryl methyl sites for hydroxylation is 1. The lowest BCUT2D eigenvalue weighted by molar-refractivity contribution is -0.134. The van der Waals surface area contributed by atoms with Gasteiger partial charge in [0.1, 0.15) is 18.1 Å². The number of rotatable bonds is 9. The molecular weight excluding hydrogens is 430 g/mol. The van der Waals surface area contributed by atoms with E-state index < -0.39 is 0 Å². The lowest BCUT2D eigenvalue weighted by atomic mass is 9.91. The van der Waals surface area contributed by atoms with Gasteiger partial charge >= 0.3 is 0 Å². The minimum absolute atomic E-state index is 0.118. The summed E-state index contributed by atoms with van der Waals surface area (Å²) in [5, 5.41) is 0. The molecule has 0 aliphatic carbocycles. The predicted molar refractivity (Wildman–Crippen MR) is 131 cm³/mol. The lowest BCUT2D eigenvalue weighted by Gasteiger charge is -2.37. The fourth-order valence-electron chi connectivity index (χ4n) is 4.39. The molecule has 1 amide bonds.